The predicted octanol–water partition coefficient (Wildman–Crippen LogP) is 31.5. The molecular formula is C101H134. The number of hydrogen-bond donors (Lipinski definition) is 0. The Morgan fingerprint density at radius 2 is 0.376 bits per heavy atom. The van der Waals surface area contributed by atoms with Gasteiger partial charge in [-0.2, -0.15) is 0 Å². The summed E-state index contributed by atoms with van der Waals surface area (Å²) in [6.07, 6.45) is 57.2. The fourth-order valence-corrected chi connectivity index (χ4v) is 19.4. The molecule has 0 bridgehead atoms. The van der Waals surface area contributed by atoms with Crippen molar-refractivity contribution in [3.8, 4) is 55.6 Å². The number of rotatable bonds is 48. The van der Waals surface area contributed by atoms with Gasteiger partial charge in [0.15, 0.2) is 0 Å². The Labute approximate surface area is 617 Å². The van der Waals surface area contributed by atoms with Crippen molar-refractivity contribution in [3.05, 3.63) is 225 Å². The van der Waals surface area contributed by atoms with Gasteiger partial charge in [0, 0.05) is 16.2 Å². The van der Waals surface area contributed by atoms with E-state index in [-0.39, 0.29) is 16.2 Å². The third-order valence-corrected chi connectivity index (χ3v) is 25.1. The molecule has 0 aliphatic heterocycles. The van der Waals surface area contributed by atoms with Crippen LogP contribution in [0.1, 0.15) is 367 Å². The average Bonchev–Trinajstić information content (AvgIpc) is 1.57. The summed E-state index contributed by atoms with van der Waals surface area (Å²) in [5.74, 6) is 0. The molecule has 0 saturated heterocycles. The Morgan fingerprint density at radius 3 is 0.604 bits per heavy atom. The molecule has 0 spiro atoms. The molecule has 3 aliphatic rings. The Bertz CT molecular complexity index is 3490. The molecule has 0 heterocycles. The average molecular weight is 1350 g/mol. The molecule has 0 aromatic heterocycles. The van der Waals surface area contributed by atoms with Gasteiger partial charge >= 0.3 is 0 Å². The van der Waals surface area contributed by atoms with Crippen LogP contribution in [-0.2, 0) is 29.1 Å². The Hall–Kier alpha value is -6.24. The normalized spacial score (nSPS) is 14.0. The van der Waals surface area contributed by atoms with Gasteiger partial charge in [0.1, 0.15) is 0 Å². The molecular weight excluding hydrogens is 1210 g/mol. The Morgan fingerprint density at radius 1 is 0.178 bits per heavy atom. The highest BCUT2D eigenvalue weighted by atomic mass is 14.5. The molecule has 0 fully saturated rings. The lowest BCUT2D eigenvalue weighted by Gasteiger charge is -2.34. The van der Waals surface area contributed by atoms with E-state index in [0.29, 0.717) is 0 Å². The standard InChI is InChI=1S/C101H134/c1-7-13-19-25-31-43-65-99(66-44-32-26-20-14-8-2)93-73-81(71-79-49-39-37-40-50-79)53-59-87(93)89-61-55-83(75-95(89)99)85-57-63-91-92-64-58-86(78-98(92)101(97(91)77-85,69-47-35-29-23-17-11-5)70-48-36-30-24-18-12-6)84-56-62-90-88-60-54-82(72-80-51-41-38-42-52-80)74-94(88)100(96(90)76-84,67-45-33-27-21-15-9-3)68-46-34-28-22-16-10-4/h37-42,49-64,73-78H,7-36,43-48,65-72H2,1-6H3. The fourth-order valence-electron chi connectivity index (χ4n) is 19.4. The van der Waals surface area contributed by atoms with Crippen LogP contribution < -0.4 is 0 Å². The van der Waals surface area contributed by atoms with Crippen LogP contribution in [0.3, 0.4) is 0 Å². The molecule has 8 aromatic carbocycles. The molecule has 538 valence electrons. The lowest BCUT2D eigenvalue weighted by Crippen LogP contribution is -2.26. The summed E-state index contributed by atoms with van der Waals surface area (Å²) in [6, 6.07) is 69.7. The van der Waals surface area contributed by atoms with E-state index >= 15 is 0 Å². The third kappa shape index (κ3) is 18.6. The first-order chi connectivity index (χ1) is 49.8. The van der Waals surface area contributed by atoms with E-state index in [1.54, 1.807) is 33.4 Å². The molecule has 0 amide bonds. The lowest BCUT2D eigenvalue weighted by molar-refractivity contribution is 0.397. The molecule has 0 saturated carbocycles. The summed E-state index contributed by atoms with van der Waals surface area (Å²) in [4.78, 5) is 0. The number of fused-ring (bicyclic) bond motifs is 9. The van der Waals surface area contributed by atoms with Crippen LogP contribution >= 0.6 is 0 Å². The zero-order chi connectivity index (χ0) is 70.0. The van der Waals surface area contributed by atoms with Gasteiger partial charge in [0.2, 0.25) is 0 Å². The monoisotopic (exact) mass is 1350 g/mol. The Kier molecular flexibility index (Phi) is 29.3. The first-order valence-corrected chi connectivity index (χ1v) is 42.8. The van der Waals surface area contributed by atoms with E-state index in [9.17, 15) is 0 Å². The third-order valence-electron chi connectivity index (χ3n) is 25.1. The van der Waals surface area contributed by atoms with E-state index in [2.05, 4.69) is 211 Å². The molecule has 3 aliphatic carbocycles. The van der Waals surface area contributed by atoms with Crippen molar-refractivity contribution in [2.24, 2.45) is 0 Å². The fraction of sp³-hybridized carbons (Fsp3) is 0.525. The zero-order valence-corrected chi connectivity index (χ0v) is 64.8. The van der Waals surface area contributed by atoms with Gasteiger partial charge in [-0.05, 0) is 187 Å². The molecule has 0 unspecified atom stereocenters. The minimum atomic E-state index is -0.0605. The molecule has 101 heavy (non-hydrogen) atoms. The molecule has 0 heteroatoms. The number of benzene rings is 8. The first-order valence-electron chi connectivity index (χ1n) is 42.8. The Balaban J connectivity index is 1.02. The minimum Gasteiger partial charge on any atom is -0.0654 e. The van der Waals surface area contributed by atoms with E-state index in [1.807, 2.05) is 0 Å². The lowest BCUT2D eigenvalue weighted by atomic mass is 9.69. The van der Waals surface area contributed by atoms with Crippen LogP contribution in [0.25, 0.3) is 55.6 Å². The zero-order valence-electron chi connectivity index (χ0n) is 64.8. The van der Waals surface area contributed by atoms with Gasteiger partial charge in [-0.1, -0.05) is 418 Å². The molecule has 0 N–H and O–H groups in total. The van der Waals surface area contributed by atoms with Gasteiger partial charge in [0.25, 0.3) is 0 Å². The maximum Gasteiger partial charge on any atom is 0.0215 e. The van der Waals surface area contributed by atoms with Crippen LogP contribution in [-0.4, -0.2) is 0 Å². The number of hydrogen-bond acceptors (Lipinski definition) is 0. The SMILES string of the molecule is CCCCCCCCC1(CCCCCCCC)c2cc(Cc3ccccc3)ccc2-c2ccc(-c3ccc4c(c3)C(CCCCCCCC)(CCCCCCCC)c3cc(-c5ccc6c(c5)C(CCCCCCCC)(CCCCCCCC)c5cc(Cc7ccccc7)ccc5-6)ccc3-4)cc21. The van der Waals surface area contributed by atoms with Gasteiger partial charge < -0.3 is 0 Å². The minimum absolute atomic E-state index is 0.000626. The van der Waals surface area contributed by atoms with Crippen LogP contribution in [0.15, 0.2) is 170 Å². The van der Waals surface area contributed by atoms with Gasteiger partial charge in [-0.15, -0.1) is 0 Å². The van der Waals surface area contributed by atoms with Crippen molar-refractivity contribution in [1.82, 2.24) is 0 Å². The van der Waals surface area contributed by atoms with Crippen molar-refractivity contribution in [2.75, 3.05) is 0 Å². The second-order valence-electron chi connectivity index (χ2n) is 32.5. The summed E-state index contributed by atoms with van der Waals surface area (Å²) in [6.45, 7) is 14.2. The van der Waals surface area contributed by atoms with Gasteiger partial charge in [0.05, 0.1) is 0 Å². The largest absolute Gasteiger partial charge is 0.0654 e. The molecule has 11 rings (SSSR count). The smallest absolute Gasteiger partial charge is 0.0215 e. The molecule has 0 radical (unpaired) electrons. The summed E-state index contributed by atoms with van der Waals surface area (Å²) < 4.78 is 0. The molecule has 8 aromatic rings. The van der Waals surface area contributed by atoms with Crippen LogP contribution in [0.5, 0.6) is 0 Å². The van der Waals surface area contributed by atoms with E-state index in [1.165, 1.54) is 348 Å². The van der Waals surface area contributed by atoms with Crippen LogP contribution in [0.2, 0.25) is 0 Å². The van der Waals surface area contributed by atoms with E-state index < -0.39 is 0 Å². The van der Waals surface area contributed by atoms with E-state index in [4.69, 9.17) is 0 Å². The summed E-state index contributed by atoms with van der Waals surface area (Å²) in [5, 5.41) is 0. The second-order valence-corrected chi connectivity index (χ2v) is 32.5. The van der Waals surface area contributed by atoms with Crippen LogP contribution in [0.4, 0.5) is 0 Å². The van der Waals surface area contributed by atoms with Crippen molar-refractivity contribution in [3.63, 3.8) is 0 Å². The predicted molar refractivity (Wildman–Crippen MR) is 442 cm³/mol. The summed E-state index contributed by atoms with van der Waals surface area (Å²) >= 11 is 0. The summed E-state index contributed by atoms with van der Waals surface area (Å²) in [5.41, 5.74) is 30.1. The highest BCUT2D eigenvalue weighted by molar-refractivity contribution is 5.90. The van der Waals surface area contributed by atoms with Gasteiger partial charge in [-0.3, -0.25) is 0 Å². The second kappa shape index (κ2) is 39.0. The van der Waals surface area contributed by atoms with Crippen LogP contribution in [0, 0.1) is 0 Å². The quantitative estimate of drug-likeness (QED) is 0.0334. The van der Waals surface area contributed by atoms with Crippen molar-refractivity contribution in [1.29, 1.82) is 0 Å². The topological polar surface area (TPSA) is 0 Å². The van der Waals surface area contributed by atoms with Crippen molar-refractivity contribution >= 4 is 0 Å². The maximum absolute atomic E-state index is 2.78. The van der Waals surface area contributed by atoms with Crippen molar-refractivity contribution < 1.29 is 0 Å². The highest BCUT2D eigenvalue weighted by Crippen LogP contribution is 2.60. The summed E-state index contributed by atoms with van der Waals surface area (Å²) in [7, 11) is 0. The molecule has 0 atom stereocenters. The maximum atomic E-state index is 2.78. The van der Waals surface area contributed by atoms with Crippen molar-refractivity contribution in [2.45, 2.75) is 340 Å². The highest BCUT2D eigenvalue weighted by Gasteiger charge is 2.46. The van der Waals surface area contributed by atoms with E-state index in [0.717, 1.165) is 12.8 Å². The molecule has 0 nitrogen and oxygen atoms in total. The first kappa shape index (κ1) is 75.9. The number of unbranched alkanes of at least 4 members (excludes halogenated alkanes) is 30. The van der Waals surface area contributed by atoms with Gasteiger partial charge in [-0.25, -0.2) is 0 Å².